The minimum Gasteiger partial charge on any atom is -0.488 e. The molecule has 0 aliphatic carbocycles. The molecule has 3 aromatic rings. The SMILES string of the molecule is Cc1ccc(COc2ccc(/C=C(/C#N)C(=O)Nc3ccccc3C)cc2Br)cc1. The first-order valence-electron chi connectivity index (χ1n) is 9.43. The van der Waals surface area contributed by atoms with Crippen molar-refractivity contribution in [1.82, 2.24) is 0 Å². The fourth-order valence-corrected chi connectivity index (χ4v) is 3.30. The number of hydrogen-bond donors (Lipinski definition) is 1. The molecule has 0 radical (unpaired) electrons. The number of anilines is 1. The molecule has 30 heavy (non-hydrogen) atoms. The van der Waals surface area contributed by atoms with Crippen molar-refractivity contribution in [3.05, 3.63) is 99.0 Å². The van der Waals surface area contributed by atoms with Gasteiger partial charge in [0.25, 0.3) is 5.91 Å². The molecular formula is C25H21BrN2O2. The predicted octanol–water partition coefficient (Wildman–Crippen LogP) is 6.19. The fraction of sp³-hybridized carbons (Fsp3) is 0.120. The number of carbonyl (C=O) groups is 1. The Bertz CT molecular complexity index is 1130. The molecule has 1 amide bonds. The van der Waals surface area contributed by atoms with Gasteiger partial charge in [0.1, 0.15) is 24.0 Å². The summed E-state index contributed by atoms with van der Waals surface area (Å²) >= 11 is 3.51. The molecule has 5 heteroatoms. The Balaban J connectivity index is 1.71. The first-order valence-corrected chi connectivity index (χ1v) is 10.2. The summed E-state index contributed by atoms with van der Waals surface area (Å²) in [6, 6.07) is 23.0. The lowest BCUT2D eigenvalue weighted by Gasteiger charge is -2.10. The summed E-state index contributed by atoms with van der Waals surface area (Å²) in [5, 5.41) is 12.2. The largest absolute Gasteiger partial charge is 0.488 e. The summed E-state index contributed by atoms with van der Waals surface area (Å²) in [4.78, 5) is 12.5. The van der Waals surface area contributed by atoms with Crippen LogP contribution in [-0.4, -0.2) is 5.91 Å². The summed E-state index contributed by atoms with van der Waals surface area (Å²) in [6.07, 6.45) is 1.56. The maximum atomic E-state index is 12.5. The maximum Gasteiger partial charge on any atom is 0.266 e. The van der Waals surface area contributed by atoms with E-state index in [9.17, 15) is 10.1 Å². The van der Waals surface area contributed by atoms with Gasteiger partial charge < -0.3 is 10.1 Å². The third-order valence-electron chi connectivity index (χ3n) is 4.54. The van der Waals surface area contributed by atoms with Crippen molar-refractivity contribution in [1.29, 1.82) is 5.26 Å². The van der Waals surface area contributed by atoms with E-state index in [1.54, 1.807) is 12.1 Å². The average molecular weight is 461 g/mol. The molecule has 150 valence electrons. The van der Waals surface area contributed by atoms with Gasteiger partial charge in [0.2, 0.25) is 0 Å². The standard InChI is InChI=1S/C25H21BrN2O2/c1-17-7-9-19(10-8-17)16-30-24-12-11-20(14-22(24)26)13-21(15-27)25(29)28-23-6-4-3-5-18(23)2/h3-14H,16H2,1-2H3,(H,28,29)/b21-13-. The van der Waals surface area contributed by atoms with Crippen molar-refractivity contribution in [2.45, 2.75) is 20.5 Å². The highest BCUT2D eigenvalue weighted by Crippen LogP contribution is 2.28. The molecule has 1 N–H and O–H groups in total. The lowest BCUT2D eigenvalue weighted by molar-refractivity contribution is -0.112. The Kier molecular flexibility index (Phi) is 7.05. The molecule has 0 aliphatic rings. The van der Waals surface area contributed by atoms with Crippen LogP contribution < -0.4 is 10.1 Å². The molecule has 3 rings (SSSR count). The Morgan fingerprint density at radius 2 is 1.83 bits per heavy atom. The number of benzene rings is 3. The minimum absolute atomic E-state index is 0.0264. The van der Waals surface area contributed by atoms with Crippen LogP contribution in [0.5, 0.6) is 5.75 Å². The molecule has 0 aromatic heterocycles. The second-order valence-electron chi connectivity index (χ2n) is 6.90. The summed E-state index contributed by atoms with van der Waals surface area (Å²) in [6.45, 7) is 4.40. The van der Waals surface area contributed by atoms with Crippen molar-refractivity contribution < 1.29 is 9.53 Å². The second-order valence-corrected chi connectivity index (χ2v) is 7.76. The lowest BCUT2D eigenvalue weighted by Crippen LogP contribution is -2.14. The van der Waals surface area contributed by atoms with Crippen LogP contribution in [0.1, 0.15) is 22.3 Å². The van der Waals surface area contributed by atoms with Crippen LogP contribution in [0.15, 0.2) is 76.8 Å². The summed E-state index contributed by atoms with van der Waals surface area (Å²) < 4.78 is 6.63. The molecule has 0 saturated carbocycles. The van der Waals surface area contributed by atoms with Crippen molar-refractivity contribution >= 4 is 33.6 Å². The minimum atomic E-state index is -0.442. The van der Waals surface area contributed by atoms with Crippen LogP contribution in [-0.2, 0) is 11.4 Å². The van der Waals surface area contributed by atoms with Gasteiger partial charge >= 0.3 is 0 Å². The molecule has 0 heterocycles. The zero-order valence-electron chi connectivity index (χ0n) is 16.8. The Morgan fingerprint density at radius 3 is 2.50 bits per heavy atom. The van der Waals surface area contributed by atoms with E-state index in [1.165, 1.54) is 5.56 Å². The molecule has 0 spiro atoms. The summed E-state index contributed by atoms with van der Waals surface area (Å²) in [5.41, 5.74) is 4.65. The molecule has 0 saturated heterocycles. The van der Waals surface area contributed by atoms with Crippen LogP contribution >= 0.6 is 15.9 Å². The van der Waals surface area contributed by atoms with Crippen LogP contribution in [0, 0.1) is 25.2 Å². The lowest BCUT2D eigenvalue weighted by atomic mass is 10.1. The van der Waals surface area contributed by atoms with E-state index >= 15 is 0 Å². The van der Waals surface area contributed by atoms with Crippen molar-refractivity contribution in [2.75, 3.05) is 5.32 Å². The van der Waals surface area contributed by atoms with Gasteiger partial charge in [-0.3, -0.25) is 4.79 Å². The van der Waals surface area contributed by atoms with E-state index in [-0.39, 0.29) is 5.57 Å². The second kappa shape index (κ2) is 9.91. The van der Waals surface area contributed by atoms with Crippen LogP contribution in [0.3, 0.4) is 0 Å². The highest BCUT2D eigenvalue weighted by Gasteiger charge is 2.11. The number of halogens is 1. The molecule has 0 aliphatic heterocycles. The third-order valence-corrected chi connectivity index (χ3v) is 5.16. The summed E-state index contributed by atoms with van der Waals surface area (Å²) in [5.74, 6) is 0.248. The molecule has 0 unspecified atom stereocenters. The van der Waals surface area contributed by atoms with Crippen molar-refractivity contribution in [3.8, 4) is 11.8 Å². The van der Waals surface area contributed by atoms with Crippen molar-refractivity contribution in [2.24, 2.45) is 0 Å². The molecule has 3 aromatic carbocycles. The number of nitrogens with zero attached hydrogens (tertiary/aromatic N) is 1. The Morgan fingerprint density at radius 1 is 1.10 bits per heavy atom. The van der Waals surface area contributed by atoms with E-state index < -0.39 is 5.91 Å². The number of hydrogen-bond acceptors (Lipinski definition) is 3. The first kappa shape index (κ1) is 21.4. The van der Waals surface area contributed by atoms with E-state index in [4.69, 9.17) is 4.74 Å². The molecule has 0 bridgehead atoms. The van der Waals surface area contributed by atoms with Gasteiger partial charge in [-0.2, -0.15) is 5.26 Å². The molecule has 4 nitrogen and oxygen atoms in total. The van der Waals surface area contributed by atoms with E-state index in [1.807, 2.05) is 80.6 Å². The van der Waals surface area contributed by atoms with Gasteiger partial charge in [0.15, 0.2) is 0 Å². The zero-order chi connectivity index (χ0) is 21.5. The smallest absolute Gasteiger partial charge is 0.266 e. The van der Waals surface area contributed by atoms with Crippen LogP contribution in [0.4, 0.5) is 5.69 Å². The number of ether oxygens (including phenoxy) is 1. The highest BCUT2D eigenvalue weighted by atomic mass is 79.9. The topological polar surface area (TPSA) is 62.1 Å². The number of aryl methyl sites for hydroxylation is 2. The van der Waals surface area contributed by atoms with Gasteiger partial charge in [0, 0.05) is 5.69 Å². The monoisotopic (exact) mass is 460 g/mol. The third kappa shape index (κ3) is 5.59. The number of nitriles is 1. The van der Waals surface area contributed by atoms with Crippen molar-refractivity contribution in [3.63, 3.8) is 0 Å². The number of para-hydroxylation sites is 1. The zero-order valence-corrected chi connectivity index (χ0v) is 18.4. The van der Waals surface area contributed by atoms with E-state index in [0.717, 1.165) is 21.2 Å². The first-order chi connectivity index (χ1) is 14.5. The number of amides is 1. The van der Waals surface area contributed by atoms with Gasteiger partial charge in [-0.1, -0.05) is 54.1 Å². The molecule has 0 fully saturated rings. The highest BCUT2D eigenvalue weighted by molar-refractivity contribution is 9.10. The van der Waals surface area contributed by atoms with Crippen LogP contribution in [0.25, 0.3) is 6.08 Å². The number of rotatable bonds is 6. The molecule has 0 atom stereocenters. The van der Waals surface area contributed by atoms with Crippen LogP contribution in [0.2, 0.25) is 0 Å². The van der Waals surface area contributed by atoms with Gasteiger partial charge in [-0.05, 0) is 70.7 Å². The van der Waals surface area contributed by atoms with E-state index in [0.29, 0.717) is 18.0 Å². The quantitative estimate of drug-likeness (QED) is 0.352. The van der Waals surface area contributed by atoms with Gasteiger partial charge in [-0.25, -0.2) is 0 Å². The maximum absolute atomic E-state index is 12.5. The average Bonchev–Trinajstić information content (AvgIpc) is 2.74. The normalized spacial score (nSPS) is 10.9. The van der Waals surface area contributed by atoms with Gasteiger partial charge in [0.05, 0.1) is 4.47 Å². The number of nitrogens with one attached hydrogen (secondary N) is 1. The van der Waals surface area contributed by atoms with E-state index in [2.05, 4.69) is 21.2 Å². The number of carbonyl (C=O) groups excluding carboxylic acids is 1. The predicted molar refractivity (Wildman–Crippen MR) is 123 cm³/mol. The fourth-order valence-electron chi connectivity index (χ4n) is 2.79. The Labute approximate surface area is 184 Å². The van der Waals surface area contributed by atoms with Gasteiger partial charge in [-0.15, -0.1) is 0 Å². The Hall–Kier alpha value is -3.36. The summed E-state index contributed by atoms with van der Waals surface area (Å²) in [7, 11) is 0. The molecular weight excluding hydrogens is 440 g/mol.